The van der Waals surface area contributed by atoms with Crippen LogP contribution < -0.4 is 4.74 Å². The molecule has 0 radical (unpaired) electrons. The Balaban J connectivity index is 2.20. The Bertz CT molecular complexity index is 619. The maximum Gasteiger partial charge on any atom is 0.254 e. The molecule has 1 amide bonds. The van der Waals surface area contributed by atoms with Crippen molar-refractivity contribution in [2.75, 3.05) is 14.2 Å². The van der Waals surface area contributed by atoms with Crippen molar-refractivity contribution in [1.82, 2.24) is 4.90 Å². The molecule has 0 saturated heterocycles. The predicted octanol–water partition coefficient (Wildman–Crippen LogP) is 3.84. The van der Waals surface area contributed by atoms with Crippen LogP contribution in [0.3, 0.4) is 0 Å². The molecule has 0 bridgehead atoms. The number of ether oxygens (including phenoxy) is 1. The number of benzene rings is 2. The summed E-state index contributed by atoms with van der Waals surface area (Å²) in [6.07, 6.45) is 0. The summed E-state index contributed by atoms with van der Waals surface area (Å²) < 4.78 is 5.16. The van der Waals surface area contributed by atoms with E-state index in [9.17, 15) is 4.79 Å². The van der Waals surface area contributed by atoms with Gasteiger partial charge in [-0.3, -0.25) is 4.79 Å². The molecule has 0 heterocycles. The van der Waals surface area contributed by atoms with Crippen molar-refractivity contribution in [2.45, 2.75) is 19.9 Å². The van der Waals surface area contributed by atoms with E-state index in [4.69, 9.17) is 4.74 Å². The van der Waals surface area contributed by atoms with Gasteiger partial charge in [-0.2, -0.15) is 0 Å². The van der Waals surface area contributed by atoms with Crippen LogP contribution in [-0.4, -0.2) is 25.0 Å². The lowest BCUT2D eigenvalue weighted by Gasteiger charge is -2.26. The molecule has 2 aromatic rings. The second-order valence-electron chi connectivity index (χ2n) is 5.18. The third-order valence-electron chi connectivity index (χ3n) is 3.87. The Morgan fingerprint density at radius 3 is 2.29 bits per heavy atom. The number of nitrogens with zero attached hydrogens (tertiary/aromatic N) is 1. The van der Waals surface area contributed by atoms with E-state index < -0.39 is 0 Å². The van der Waals surface area contributed by atoms with Crippen LogP contribution in [0, 0.1) is 6.92 Å². The fourth-order valence-corrected chi connectivity index (χ4v) is 2.28. The van der Waals surface area contributed by atoms with Gasteiger partial charge in [0, 0.05) is 12.6 Å². The largest absolute Gasteiger partial charge is 0.497 e. The highest BCUT2D eigenvalue weighted by Gasteiger charge is 2.19. The molecular weight excluding hydrogens is 262 g/mol. The number of rotatable bonds is 4. The molecule has 0 saturated carbocycles. The van der Waals surface area contributed by atoms with Crippen LogP contribution in [-0.2, 0) is 0 Å². The molecule has 0 N–H and O–H groups in total. The van der Waals surface area contributed by atoms with Crippen LogP contribution in [0.5, 0.6) is 5.75 Å². The molecule has 2 rings (SSSR count). The topological polar surface area (TPSA) is 29.5 Å². The Labute approximate surface area is 126 Å². The van der Waals surface area contributed by atoms with Crippen LogP contribution in [0.4, 0.5) is 0 Å². The van der Waals surface area contributed by atoms with E-state index in [-0.39, 0.29) is 11.9 Å². The van der Waals surface area contributed by atoms with Gasteiger partial charge in [-0.15, -0.1) is 0 Å². The number of carbonyl (C=O) groups excluding carboxylic acids is 1. The Hall–Kier alpha value is -2.29. The third-order valence-corrected chi connectivity index (χ3v) is 3.87. The summed E-state index contributed by atoms with van der Waals surface area (Å²) in [5.74, 6) is 0.857. The monoisotopic (exact) mass is 283 g/mol. The third kappa shape index (κ3) is 3.24. The predicted molar refractivity (Wildman–Crippen MR) is 84.7 cm³/mol. The van der Waals surface area contributed by atoms with Gasteiger partial charge in [0.1, 0.15) is 5.75 Å². The van der Waals surface area contributed by atoms with Crippen molar-refractivity contribution in [3.63, 3.8) is 0 Å². The van der Waals surface area contributed by atoms with Gasteiger partial charge in [0.2, 0.25) is 0 Å². The highest BCUT2D eigenvalue weighted by atomic mass is 16.5. The summed E-state index contributed by atoms with van der Waals surface area (Å²) in [7, 11) is 3.48. The summed E-state index contributed by atoms with van der Waals surface area (Å²) in [6, 6.07) is 15.5. The minimum absolute atomic E-state index is 0.00279. The molecule has 0 spiro atoms. The summed E-state index contributed by atoms with van der Waals surface area (Å²) in [5, 5.41) is 0. The molecule has 0 fully saturated rings. The standard InChI is InChI=1S/C18H21NO2/c1-13-7-5-6-8-17(13)18(20)19(3)14(2)15-9-11-16(21-4)12-10-15/h5-12,14H,1-4H3. The molecule has 3 nitrogen and oxygen atoms in total. The van der Waals surface area contributed by atoms with Crippen molar-refractivity contribution >= 4 is 5.91 Å². The molecule has 0 aliphatic rings. The van der Waals surface area contributed by atoms with Gasteiger partial charge in [-0.05, 0) is 43.2 Å². The fourth-order valence-electron chi connectivity index (χ4n) is 2.28. The molecular formula is C18H21NO2. The first-order chi connectivity index (χ1) is 10.0. The summed E-state index contributed by atoms with van der Waals surface area (Å²) in [6.45, 7) is 3.98. The Morgan fingerprint density at radius 1 is 1.10 bits per heavy atom. The number of aryl methyl sites for hydroxylation is 1. The average molecular weight is 283 g/mol. The molecule has 0 aromatic heterocycles. The molecule has 3 heteroatoms. The lowest BCUT2D eigenvalue weighted by atomic mass is 10.0. The van der Waals surface area contributed by atoms with E-state index >= 15 is 0 Å². The quantitative estimate of drug-likeness (QED) is 0.853. The number of amides is 1. The van der Waals surface area contributed by atoms with Gasteiger partial charge in [0.05, 0.1) is 13.2 Å². The lowest BCUT2D eigenvalue weighted by molar-refractivity contribution is 0.0742. The zero-order valence-electron chi connectivity index (χ0n) is 13.0. The van der Waals surface area contributed by atoms with E-state index in [1.165, 1.54) is 0 Å². The molecule has 110 valence electrons. The highest BCUT2D eigenvalue weighted by Crippen LogP contribution is 2.23. The summed E-state index contributed by atoms with van der Waals surface area (Å²) >= 11 is 0. The first kappa shape index (κ1) is 15.1. The lowest BCUT2D eigenvalue weighted by Crippen LogP contribution is -2.30. The number of methoxy groups -OCH3 is 1. The van der Waals surface area contributed by atoms with Gasteiger partial charge in [-0.1, -0.05) is 30.3 Å². The normalized spacial score (nSPS) is 11.8. The first-order valence-corrected chi connectivity index (χ1v) is 7.01. The molecule has 21 heavy (non-hydrogen) atoms. The smallest absolute Gasteiger partial charge is 0.254 e. The summed E-state index contributed by atoms with van der Waals surface area (Å²) in [4.78, 5) is 14.4. The van der Waals surface area contributed by atoms with Crippen molar-refractivity contribution in [3.05, 3.63) is 65.2 Å². The van der Waals surface area contributed by atoms with Crippen molar-refractivity contribution in [2.24, 2.45) is 0 Å². The van der Waals surface area contributed by atoms with Crippen molar-refractivity contribution in [3.8, 4) is 5.75 Å². The van der Waals surface area contributed by atoms with E-state index in [1.54, 1.807) is 12.0 Å². The van der Waals surface area contributed by atoms with E-state index in [1.807, 2.05) is 69.4 Å². The Kier molecular flexibility index (Phi) is 4.63. The van der Waals surface area contributed by atoms with Gasteiger partial charge < -0.3 is 9.64 Å². The van der Waals surface area contributed by atoms with Crippen LogP contribution in [0.25, 0.3) is 0 Å². The molecule has 0 aliphatic carbocycles. The maximum absolute atomic E-state index is 12.6. The van der Waals surface area contributed by atoms with Crippen LogP contribution in [0.15, 0.2) is 48.5 Å². The second kappa shape index (κ2) is 6.44. The van der Waals surface area contributed by atoms with Crippen LogP contribution in [0.2, 0.25) is 0 Å². The fraction of sp³-hybridized carbons (Fsp3) is 0.278. The minimum atomic E-state index is 0.00279. The van der Waals surface area contributed by atoms with Gasteiger partial charge in [0.15, 0.2) is 0 Å². The number of hydrogen-bond acceptors (Lipinski definition) is 2. The molecule has 1 atom stereocenters. The SMILES string of the molecule is COc1ccc(C(C)N(C)C(=O)c2ccccc2C)cc1. The first-order valence-electron chi connectivity index (χ1n) is 7.01. The number of hydrogen-bond donors (Lipinski definition) is 0. The summed E-state index contributed by atoms with van der Waals surface area (Å²) in [5.41, 5.74) is 2.83. The van der Waals surface area contributed by atoms with Crippen molar-refractivity contribution < 1.29 is 9.53 Å². The molecule has 1 unspecified atom stereocenters. The van der Waals surface area contributed by atoms with Gasteiger partial charge >= 0.3 is 0 Å². The average Bonchev–Trinajstić information content (AvgIpc) is 2.53. The molecule has 2 aromatic carbocycles. The van der Waals surface area contributed by atoms with E-state index in [0.29, 0.717) is 0 Å². The maximum atomic E-state index is 12.6. The second-order valence-corrected chi connectivity index (χ2v) is 5.18. The Morgan fingerprint density at radius 2 is 1.71 bits per heavy atom. The van der Waals surface area contributed by atoms with E-state index in [2.05, 4.69) is 0 Å². The van der Waals surface area contributed by atoms with Gasteiger partial charge in [-0.25, -0.2) is 0 Å². The van der Waals surface area contributed by atoms with Crippen LogP contribution in [0.1, 0.15) is 34.5 Å². The van der Waals surface area contributed by atoms with Crippen LogP contribution >= 0.6 is 0 Å². The number of carbonyl (C=O) groups is 1. The van der Waals surface area contributed by atoms with Crippen molar-refractivity contribution in [1.29, 1.82) is 0 Å². The molecule has 0 aliphatic heterocycles. The van der Waals surface area contributed by atoms with E-state index in [0.717, 1.165) is 22.4 Å². The van der Waals surface area contributed by atoms with Gasteiger partial charge in [0.25, 0.3) is 5.91 Å². The minimum Gasteiger partial charge on any atom is -0.497 e. The zero-order chi connectivity index (χ0) is 15.4. The highest BCUT2D eigenvalue weighted by molar-refractivity contribution is 5.95. The zero-order valence-corrected chi connectivity index (χ0v) is 13.0.